The third kappa shape index (κ3) is 3.60. The maximum atomic E-state index is 5.62. The summed E-state index contributed by atoms with van der Waals surface area (Å²) < 4.78 is 0. The first-order valence-corrected chi connectivity index (χ1v) is 8.92. The minimum Gasteiger partial charge on any atom is -0.399 e. The lowest BCUT2D eigenvalue weighted by Crippen LogP contribution is -2.26. The van der Waals surface area contributed by atoms with Crippen molar-refractivity contribution < 1.29 is 0 Å². The zero-order valence-electron chi connectivity index (χ0n) is 8.79. The molecule has 3 heteroatoms. The van der Waals surface area contributed by atoms with Crippen molar-refractivity contribution in [1.82, 2.24) is 0 Å². The number of rotatable bonds is 4. The Morgan fingerprint density at radius 2 is 1.93 bits per heavy atom. The third-order valence-electron chi connectivity index (χ3n) is 2.04. The Morgan fingerprint density at radius 3 is 2.43 bits per heavy atom. The molecule has 76 valence electrons. The van der Waals surface area contributed by atoms with Crippen LogP contribution in [0.1, 0.15) is 0 Å². The Labute approximate surface area is 91.4 Å². The largest absolute Gasteiger partial charge is 0.399 e. The second-order valence-electron chi connectivity index (χ2n) is 4.05. The SMILES string of the molecule is C=C[Si](C)(C)CSc1ccc(N)cc1. The predicted octanol–water partition coefficient (Wildman–Crippen LogP) is 3.33. The van der Waals surface area contributed by atoms with Crippen LogP contribution in [0.2, 0.25) is 13.1 Å². The highest BCUT2D eigenvalue weighted by atomic mass is 32.2. The van der Waals surface area contributed by atoms with E-state index in [9.17, 15) is 0 Å². The van der Waals surface area contributed by atoms with E-state index in [4.69, 9.17) is 5.73 Å². The quantitative estimate of drug-likeness (QED) is 0.481. The van der Waals surface area contributed by atoms with Crippen molar-refractivity contribution in [3.8, 4) is 0 Å². The first kappa shape index (κ1) is 11.4. The second-order valence-corrected chi connectivity index (χ2v) is 10.4. The van der Waals surface area contributed by atoms with Gasteiger partial charge in [-0.1, -0.05) is 13.1 Å². The van der Waals surface area contributed by atoms with E-state index in [-0.39, 0.29) is 0 Å². The predicted molar refractivity (Wildman–Crippen MR) is 69.3 cm³/mol. The van der Waals surface area contributed by atoms with Crippen LogP contribution in [0.3, 0.4) is 0 Å². The summed E-state index contributed by atoms with van der Waals surface area (Å²) in [5.74, 6) is 0. The molecule has 14 heavy (non-hydrogen) atoms. The van der Waals surface area contributed by atoms with Gasteiger partial charge in [0.05, 0.1) is 8.07 Å². The molecule has 2 N–H and O–H groups in total. The maximum absolute atomic E-state index is 5.62. The first-order chi connectivity index (χ1) is 6.53. The summed E-state index contributed by atoms with van der Waals surface area (Å²) in [6.45, 7) is 8.53. The molecule has 0 atom stereocenters. The zero-order chi connectivity index (χ0) is 10.6. The number of thioether (sulfide) groups is 1. The van der Waals surface area contributed by atoms with E-state index in [0.717, 1.165) is 5.69 Å². The van der Waals surface area contributed by atoms with Crippen molar-refractivity contribution in [2.45, 2.75) is 18.0 Å². The van der Waals surface area contributed by atoms with Crippen LogP contribution in [0.4, 0.5) is 5.69 Å². The molecule has 0 saturated carbocycles. The van der Waals surface area contributed by atoms with Crippen molar-refractivity contribution in [1.29, 1.82) is 0 Å². The summed E-state index contributed by atoms with van der Waals surface area (Å²) in [5.41, 5.74) is 8.58. The van der Waals surface area contributed by atoms with Gasteiger partial charge in [-0.25, -0.2) is 0 Å². The van der Waals surface area contributed by atoms with Gasteiger partial charge in [-0.3, -0.25) is 0 Å². The molecule has 0 fully saturated rings. The Morgan fingerprint density at radius 1 is 1.36 bits per heavy atom. The number of nitrogens with two attached hydrogens (primary N) is 1. The van der Waals surface area contributed by atoms with E-state index in [2.05, 4.69) is 37.5 Å². The van der Waals surface area contributed by atoms with Gasteiger partial charge < -0.3 is 5.73 Å². The van der Waals surface area contributed by atoms with Crippen molar-refractivity contribution in [3.05, 3.63) is 36.5 Å². The Balaban J connectivity index is 2.54. The number of nitrogen functional groups attached to an aromatic ring is 1. The fourth-order valence-corrected chi connectivity index (χ4v) is 3.85. The van der Waals surface area contributed by atoms with Crippen LogP contribution in [0.25, 0.3) is 0 Å². The van der Waals surface area contributed by atoms with Crippen LogP contribution in [0.15, 0.2) is 41.4 Å². The normalized spacial score (nSPS) is 11.3. The molecule has 1 nitrogen and oxygen atoms in total. The van der Waals surface area contributed by atoms with Crippen molar-refractivity contribution >= 4 is 25.5 Å². The van der Waals surface area contributed by atoms with Crippen LogP contribution < -0.4 is 5.73 Å². The Kier molecular flexibility index (Phi) is 3.83. The maximum Gasteiger partial charge on any atom is 0.0812 e. The number of hydrogen-bond donors (Lipinski definition) is 1. The van der Waals surface area contributed by atoms with Crippen molar-refractivity contribution in [2.75, 3.05) is 11.1 Å². The molecule has 1 aromatic rings. The van der Waals surface area contributed by atoms with Crippen LogP contribution in [0.5, 0.6) is 0 Å². The zero-order valence-corrected chi connectivity index (χ0v) is 10.6. The molecular formula is C11H17NSSi. The fraction of sp³-hybridized carbons (Fsp3) is 0.273. The topological polar surface area (TPSA) is 26.0 Å². The van der Waals surface area contributed by atoms with Gasteiger partial charge in [0.2, 0.25) is 0 Å². The van der Waals surface area contributed by atoms with E-state index in [1.54, 1.807) is 0 Å². The van der Waals surface area contributed by atoms with Crippen LogP contribution in [-0.4, -0.2) is 13.5 Å². The monoisotopic (exact) mass is 223 g/mol. The number of hydrogen-bond acceptors (Lipinski definition) is 2. The number of anilines is 1. The molecule has 1 rings (SSSR count). The van der Waals surface area contributed by atoms with Gasteiger partial charge in [-0.15, -0.1) is 24.0 Å². The van der Waals surface area contributed by atoms with Crippen LogP contribution in [0, 0.1) is 0 Å². The molecule has 0 aromatic heterocycles. The molecule has 0 bridgehead atoms. The van der Waals surface area contributed by atoms with E-state index in [1.165, 1.54) is 10.3 Å². The van der Waals surface area contributed by atoms with Gasteiger partial charge in [-0.05, 0) is 29.6 Å². The lowest BCUT2D eigenvalue weighted by molar-refractivity contribution is 1.46. The summed E-state index contributed by atoms with van der Waals surface area (Å²) in [6, 6.07) is 8.05. The summed E-state index contributed by atoms with van der Waals surface area (Å²) >= 11 is 1.90. The molecule has 0 aliphatic carbocycles. The van der Waals surface area contributed by atoms with Gasteiger partial charge in [0.1, 0.15) is 0 Å². The summed E-state index contributed by atoms with van der Waals surface area (Å²) in [7, 11) is -1.18. The van der Waals surface area contributed by atoms with Crippen LogP contribution >= 0.6 is 11.8 Å². The lowest BCUT2D eigenvalue weighted by atomic mass is 10.3. The molecule has 0 spiro atoms. The fourth-order valence-electron chi connectivity index (χ4n) is 0.892. The van der Waals surface area contributed by atoms with Crippen LogP contribution in [-0.2, 0) is 0 Å². The van der Waals surface area contributed by atoms with Gasteiger partial charge >= 0.3 is 0 Å². The van der Waals surface area contributed by atoms with E-state index < -0.39 is 8.07 Å². The molecule has 0 radical (unpaired) electrons. The summed E-state index contributed by atoms with van der Waals surface area (Å²) in [6.07, 6.45) is 0. The molecule has 0 saturated heterocycles. The molecule has 0 amide bonds. The average Bonchev–Trinajstić information content (AvgIpc) is 2.17. The minimum absolute atomic E-state index is 0.828. The minimum atomic E-state index is -1.18. The Bertz CT molecular complexity index is 306. The molecule has 0 unspecified atom stereocenters. The van der Waals surface area contributed by atoms with E-state index >= 15 is 0 Å². The third-order valence-corrected chi connectivity index (χ3v) is 7.31. The number of benzene rings is 1. The van der Waals surface area contributed by atoms with Gasteiger partial charge in [0.15, 0.2) is 0 Å². The highest BCUT2D eigenvalue weighted by Gasteiger charge is 2.15. The standard InChI is InChI=1S/C11H17NSSi/c1-4-14(2,3)9-13-11-7-5-10(12)6-8-11/h4-8H,1,9,12H2,2-3H3. The van der Waals surface area contributed by atoms with Crippen molar-refractivity contribution in [2.24, 2.45) is 0 Å². The summed E-state index contributed by atoms with van der Waals surface area (Å²) in [4.78, 5) is 1.29. The van der Waals surface area contributed by atoms with Gasteiger partial charge in [-0.2, -0.15) is 0 Å². The van der Waals surface area contributed by atoms with E-state index in [0.29, 0.717) is 0 Å². The average molecular weight is 223 g/mol. The molecule has 0 heterocycles. The second kappa shape index (κ2) is 4.71. The highest BCUT2D eigenvalue weighted by molar-refractivity contribution is 8.01. The first-order valence-electron chi connectivity index (χ1n) is 4.65. The smallest absolute Gasteiger partial charge is 0.0812 e. The molecule has 0 aliphatic rings. The summed E-state index contributed by atoms with van der Waals surface area (Å²) in [5, 5.41) is 1.18. The highest BCUT2D eigenvalue weighted by Crippen LogP contribution is 2.23. The molecular weight excluding hydrogens is 206 g/mol. The van der Waals surface area contributed by atoms with Gasteiger partial charge in [0.25, 0.3) is 0 Å². The Hall–Kier alpha value is -0.673. The molecule has 0 aliphatic heterocycles. The molecule has 1 aromatic carbocycles. The van der Waals surface area contributed by atoms with Crippen molar-refractivity contribution in [3.63, 3.8) is 0 Å². The van der Waals surface area contributed by atoms with E-state index in [1.807, 2.05) is 23.9 Å². The lowest BCUT2D eigenvalue weighted by Gasteiger charge is -2.16. The van der Waals surface area contributed by atoms with Gasteiger partial charge in [0, 0.05) is 10.6 Å².